The summed E-state index contributed by atoms with van der Waals surface area (Å²) in [6.45, 7) is 0. The van der Waals surface area contributed by atoms with Crippen LogP contribution in [0.4, 0.5) is 5.88 Å². The van der Waals surface area contributed by atoms with Gasteiger partial charge in [-0.05, 0) is 42.0 Å². The Morgan fingerprint density at radius 2 is 2.00 bits per heavy atom. The van der Waals surface area contributed by atoms with Gasteiger partial charge < -0.3 is 4.42 Å². The van der Waals surface area contributed by atoms with Crippen molar-refractivity contribution in [3.8, 4) is 0 Å². The van der Waals surface area contributed by atoms with Gasteiger partial charge in [-0.3, -0.25) is 10.1 Å². The van der Waals surface area contributed by atoms with Gasteiger partial charge in [0.1, 0.15) is 10.7 Å². The third kappa shape index (κ3) is 2.30. The van der Waals surface area contributed by atoms with Crippen LogP contribution in [0.15, 0.2) is 34.7 Å². The van der Waals surface area contributed by atoms with Crippen LogP contribution < -0.4 is 0 Å². The van der Waals surface area contributed by atoms with Crippen molar-refractivity contribution in [1.29, 1.82) is 0 Å². The fraction of sp³-hybridized carbons (Fsp3) is 0.286. The molecule has 1 unspecified atom stereocenters. The number of aryl methyl sites for hydroxylation is 2. The zero-order valence-electron chi connectivity index (χ0n) is 10.1. The average molecular weight is 322 g/mol. The molecule has 0 saturated heterocycles. The van der Waals surface area contributed by atoms with E-state index in [4.69, 9.17) is 4.42 Å². The van der Waals surface area contributed by atoms with Crippen molar-refractivity contribution in [2.24, 2.45) is 0 Å². The summed E-state index contributed by atoms with van der Waals surface area (Å²) in [6.07, 6.45) is 3.47. The number of hydrogen-bond donors (Lipinski definition) is 0. The second-order valence-electron chi connectivity index (χ2n) is 4.68. The Morgan fingerprint density at radius 3 is 2.74 bits per heavy atom. The highest BCUT2D eigenvalue weighted by molar-refractivity contribution is 9.09. The van der Waals surface area contributed by atoms with Crippen LogP contribution in [0.1, 0.15) is 33.7 Å². The molecule has 1 aromatic carbocycles. The summed E-state index contributed by atoms with van der Waals surface area (Å²) in [5.41, 5.74) is 3.86. The molecule has 1 aromatic heterocycles. The predicted octanol–water partition coefficient (Wildman–Crippen LogP) is 4.16. The summed E-state index contributed by atoms with van der Waals surface area (Å²) in [5.74, 6) is 0.338. The molecule has 1 aliphatic carbocycles. The number of hydrogen-bond acceptors (Lipinski definition) is 3. The lowest BCUT2D eigenvalue weighted by atomic mass is 10.0. The molecule has 0 amide bonds. The van der Waals surface area contributed by atoms with Gasteiger partial charge in [0, 0.05) is 0 Å². The van der Waals surface area contributed by atoms with Crippen LogP contribution in [0.25, 0.3) is 0 Å². The van der Waals surface area contributed by atoms with Gasteiger partial charge >= 0.3 is 5.88 Å². The van der Waals surface area contributed by atoms with Gasteiger partial charge in [0.15, 0.2) is 0 Å². The predicted molar refractivity (Wildman–Crippen MR) is 74.6 cm³/mol. The van der Waals surface area contributed by atoms with Crippen LogP contribution in [-0.2, 0) is 12.8 Å². The minimum absolute atomic E-state index is 0.146. The maximum Gasteiger partial charge on any atom is 0.433 e. The number of rotatable bonds is 3. The minimum atomic E-state index is -0.522. The molecule has 3 rings (SSSR count). The van der Waals surface area contributed by atoms with E-state index >= 15 is 0 Å². The zero-order chi connectivity index (χ0) is 13.4. The Morgan fingerprint density at radius 1 is 1.21 bits per heavy atom. The summed E-state index contributed by atoms with van der Waals surface area (Å²) >= 11 is 3.55. The number of alkyl halides is 1. The smallest absolute Gasteiger partial charge is 0.404 e. The van der Waals surface area contributed by atoms with E-state index in [1.54, 1.807) is 6.07 Å². The number of nitro groups is 1. The fourth-order valence-electron chi connectivity index (χ4n) is 2.49. The van der Waals surface area contributed by atoms with E-state index in [2.05, 4.69) is 34.1 Å². The lowest BCUT2D eigenvalue weighted by molar-refractivity contribution is -0.402. The summed E-state index contributed by atoms with van der Waals surface area (Å²) in [4.78, 5) is 9.96. The second-order valence-corrected chi connectivity index (χ2v) is 5.59. The lowest BCUT2D eigenvalue weighted by Crippen LogP contribution is -1.93. The Balaban J connectivity index is 1.90. The highest BCUT2D eigenvalue weighted by Crippen LogP contribution is 2.35. The highest BCUT2D eigenvalue weighted by Gasteiger charge is 2.20. The molecule has 1 heterocycles. The van der Waals surface area contributed by atoms with E-state index in [0.717, 1.165) is 18.4 Å². The molecule has 0 saturated carbocycles. The molecule has 0 bridgehead atoms. The van der Waals surface area contributed by atoms with Crippen LogP contribution in [0.3, 0.4) is 0 Å². The molecule has 2 aromatic rings. The Labute approximate surface area is 118 Å². The Bertz CT molecular complexity index is 635. The van der Waals surface area contributed by atoms with Crippen LogP contribution in [0.5, 0.6) is 0 Å². The monoisotopic (exact) mass is 321 g/mol. The fourth-order valence-corrected chi connectivity index (χ4v) is 3.02. The molecular weight excluding hydrogens is 310 g/mol. The first kappa shape index (κ1) is 12.4. The van der Waals surface area contributed by atoms with Gasteiger partial charge in [-0.25, -0.2) is 0 Å². The van der Waals surface area contributed by atoms with Gasteiger partial charge in [-0.2, -0.15) is 0 Å². The van der Waals surface area contributed by atoms with Crippen molar-refractivity contribution in [2.75, 3.05) is 0 Å². The summed E-state index contributed by atoms with van der Waals surface area (Å²) in [5, 5.41) is 10.6. The quantitative estimate of drug-likeness (QED) is 0.484. The Kier molecular flexibility index (Phi) is 3.14. The van der Waals surface area contributed by atoms with Gasteiger partial charge in [-0.15, -0.1) is 0 Å². The molecule has 19 heavy (non-hydrogen) atoms. The molecule has 1 aliphatic rings. The second kappa shape index (κ2) is 4.81. The van der Waals surface area contributed by atoms with Crippen molar-refractivity contribution < 1.29 is 9.34 Å². The number of nitrogens with zero attached hydrogens (tertiary/aromatic N) is 1. The first-order chi connectivity index (χ1) is 9.15. The van der Waals surface area contributed by atoms with Gasteiger partial charge in [0.25, 0.3) is 0 Å². The maximum absolute atomic E-state index is 10.6. The normalized spacial score (nSPS) is 15.2. The van der Waals surface area contributed by atoms with Crippen LogP contribution in [0.2, 0.25) is 0 Å². The first-order valence-corrected chi connectivity index (χ1v) is 7.06. The minimum Gasteiger partial charge on any atom is -0.404 e. The van der Waals surface area contributed by atoms with E-state index in [0.29, 0.717) is 5.76 Å². The van der Waals surface area contributed by atoms with Crippen molar-refractivity contribution >= 4 is 21.8 Å². The third-order valence-corrected chi connectivity index (χ3v) is 4.44. The lowest BCUT2D eigenvalue weighted by Gasteiger charge is -2.09. The van der Waals surface area contributed by atoms with E-state index in [9.17, 15) is 10.1 Å². The molecule has 0 radical (unpaired) electrons. The number of benzene rings is 1. The molecule has 0 fully saturated rings. The molecule has 0 aliphatic heterocycles. The summed E-state index contributed by atoms with van der Waals surface area (Å²) in [7, 11) is 0. The van der Waals surface area contributed by atoms with E-state index in [-0.39, 0.29) is 10.7 Å². The van der Waals surface area contributed by atoms with Crippen molar-refractivity contribution in [3.05, 3.63) is 62.9 Å². The van der Waals surface area contributed by atoms with E-state index < -0.39 is 4.92 Å². The zero-order valence-corrected chi connectivity index (χ0v) is 11.7. The third-order valence-electron chi connectivity index (χ3n) is 3.46. The van der Waals surface area contributed by atoms with Gasteiger partial charge in [-0.1, -0.05) is 34.1 Å². The molecule has 5 heteroatoms. The standard InChI is InChI=1S/C14H12BrNO3/c15-14(12-6-7-13(19-12)16(17)18)11-5-4-9-2-1-3-10(9)8-11/h4-8,14H,1-3H2. The van der Waals surface area contributed by atoms with Crippen molar-refractivity contribution in [2.45, 2.75) is 24.1 Å². The molecule has 1 atom stereocenters. The average Bonchev–Trinajstić information content (AvgIpc) is 3.06. The number of fused-ring (bicyclic) bond motifs is 1. The van der Waals surface area contributed by atoms with Gasteiger partial charge in [0.2, 0.25) is 0 Å². The summed E-state index contributed by atoms with van der Waals surface area (Å²) < 4.78 is 5.23. The molecule has 0 N–H and O–H groups in total. The SMILES string of the molecule is O=[N+]([O-])c1ccc(C(Br)c2ccc3c(c2)CCC3)o1. The van der Waals surface area contributed by atoms with E-state index in [1.165, 1.54) is 23.6 Å². The number of halogens is 1. The van der Waals surface area contributed by atoms with Crippen molar-refractivity contribution in [1.82, 2.24) is 0 Å². The van der Waals surface area contributed by atoms with Crippen LogP contribution >= 0.6 is 15.9 Å². The topological polar surface area (TPSA) is 56.3 Å². The van der Waals surface area contributed by atoms with Crippen molar-refractivity contribution in [3.63, 3.8) is 0 Å². The van der Waals surface area contributed by atoms with Gasteiger partial charge in [0.05, 0.1) is 10.9 Å². The maximum atomic E-state index is 10.6. The molecule has 0 spiro atoms. The molecule has 98 valence electrons. The van der Waals surface area contributed by atoms with E-state index in [1.807, 2.05) is 0 Å². The van der Waals surface area contributed by atoms with Crippen LogP contribution in [-0.4, -0.2) is 4.92 Å². The van der Waals surface area contributed by atoms with Crippen LogP contribution in [0, 0.1) is 10.1 Å². The molecular formula is C14H12BrNO3. The number of furan rings is 1. The highest BCUT2D eigenvalue weighted by atomic mass is 79.9. The first-order valence-electron chi connectivity index (χ1n) is 6.15. The Hall–Kier alpha value is -1.62. The summed E-state index contributed by atoms with van der Waals surface area (Å²) in [6, 6.07) is 9.39. The largest absolute Gasteiger partial charge is 0.433 e. The molecule has 4 nitrogen and oxygen atoms in total.